The van der Waals surface area contributed by atoms with Gasteiger partial charge in [-0.15, -0.1) is 11.3 Å². The Morgan fingerprint density at radius 1 is 1.25 bits per heavy atom. The average molecular weight is 412 g/mol. The summed E-state index contributed by atoms with van der Waals surface area (Å²) >= 11 is 7.59. The molecule has 2 aromatic carbocycles. The van der Waals surface area contributed by atoms with E-state index >= 15 is 0 Å². The highest BCUT2D eigenvalue weighted by Crippen LogP contribution is 2.28. The molecule has 1 amide bonds. The Balaban J connectivity index is 1.46. The number of nitrogens with zero attached hydrogens (tertiary/aromatic N) is 2. The van der Waals surface area contributed by atoms with Gasteiger partial charge in [-0.3, -0.25) is 9.20 Å². The number of benzene rings is 2. The van der Waals surface area contributed by atoms with Crippen LogP contribution in [0.5, 0.6) is 5.75 Å². The molecule has 0 radical (unpaired) electrons. The number of carbonyl (C=O) groups excluding carboxylic acids is 1. The van der Waals surface area contributed by atoms with E-state index in [0.29, 0.717) is 29.3 Å². The first-order valence-corrected chi connectivity index (χ1v) is 10.0. The van der Waals surface area contributed by atoms with Crippen molar-refractivity contribution < 1.29 is 9.53 Å². The van der Waals surface area contributed by atoms with Crippen LogP contribution in [0.4, 0.5) is 5.69 Å². The highest BCUT2D eigenvalue weighted by molar-refractivity contribution is 7.15. The van der Waals surface area contributed by atoms with Gasteiger partial charge in [0, 0.05) is 34.3 Å². The van der Waals surface area contributed by atoms with Crippen molar-refractivity contribution in [2.75, 3.05) is 12.4 Å². The zero-order valence-electron chi connectivity index (χ0n) is 15.2. The Bertz CT molecular complexity index is 1120. The Labute approximate surface area is 171 Å². The molecule has 0 aliphatic heterocycles. The quantitative estimate of drug-likeness (QED) is 0.468. The number of aryl methyl sites for hydroxylation is 1. The van der Waals surface area contributed by atoms with Gasteiger partial charge in [-0.05, 0) is 24.6 Å². The van der Waals surface area contributed by atoms with Gasteiger partial charge >= 0.3 is 0 Å². The van der Waals surface area contributed by atoms with Crippen LogP contribution in [0.25, 0.3) is 16.2 Å². The smallest absolute Gasteiger partial charge is 0.224 e. The predicted octanol–water partition coefficient (Wildman–Crippen LogP) is 5.30. The van der Waals surface area contributed by atoms with Crippen LogP contribution in [0.15, 0.2) is 60.1 Å². The maximum Gasteiger partial charge on any atom is 0.224 e. The molecular formula is C21H18ClN3O2S. The summed E-state index contributed by atoms with van der Waals surface area (Å²) < 4.78 is 7.33. The molecule has 4 aromatic rings. The summed E-state index contributed by atoms with van der Waals surface area (Å²) in [6.45, 7) is 0. The van der Waals surface area contributed by atoms with Gasteiger partial charge in [0.1, 0.15) is 5.75 Å². The summed E-state index contributed by atoms with van der Waals surface area (Å²) in [6, 6.07) is 15.2. The highest BCUT2D eigenvalue weighted by atomic mass is 35.5. The molecule has 0 atom stereocenters. The van der Waals surface area contributed by atoms with Gasteiger partial charge in [0.05, 0.1) is 18.5 Å². The number of carbonyl (C=O) groups is 1. The molecule has 0 fully saturated rings. The van der Waals surface area contributed by atoms with Crippen molar-refractivity contribution >= 4 is 39.5 Å². The number of nitrogens with one attached hydrogen (secondary N) is 1. The lowest BCUT2D eigenvalue weighted by Crippen LogP contribution is -2.13. The van der Waals surface area contributed by atoms with Crippen molar-refractivity contribution in [3.63, 3.8) is 0 Å². The second-order valence-corrected chi connectivity index (χ2v) is 7.54. The molecule has 0 aliphatic rings. The van der Waals surface area contributed by atoms with E-state index in [1.54, 1.807) is 36.6 Å². The lowest BCUT2D eigenvalue weighted by Gasteiger charge is -2.10. The Kier molecular flexibility index (Phi) is 5.32. The Morgan fingerprint density at radius 3 is 2.86 bits per heavy atom. The topological polar surface area (TPSA) is 55.6 Å². The number of anilines is 1. The first-order valence-electron chi connectivity index (χ1n) is 8.78. The van der Waals surface area contributed by atoms with E-state index in [1.165, 1.54) is 0 Å². The van der Waals surface area contributed by atoms with Crippen molar-refractivity contribution in [2.45, 2.75) is 12.8 Å². The van der Waals surface area contributed by atoms with Gasteiger partial charge in [-0.1, -0.05) is 41.9 Å². The first-order chi connectivity index (χ1) is 13.6. The number of halogens is 1. The minimum atomic E-state index is -0.0942. The van der Waals surface area contributed by atoms with Crippen LogP contribution in [0, 0.1) is 0 Å². The van der Waals surface area contributed by atoms with E-state index in [4.69, 9.17) is 16.3 Å². The second kappa shape index (κ2) is 8.04. The number of imidazole rings is 1. The van der Waals surface area contributed by atoms with Gasteiger partial charge in [0.2, 0.25) is 5.91 Å². The van der Waals surface area contributed by atoms with Gasteiger partial charge < -0.3 is 10.1 Å². The third-order valence-electron chi connectivity index (χ3n) is 4.40. The fourth-order valence-electron chi connectivity index (χ4n) is 2.99. The van der Waals surface area contributed by atoms with E-state index in [-0.39, 0.29) is 5.91 Å². The normalized spacial score (nSPS) is 10.9. The standard InChI is InChI=1S/C21H18ClN3O2S/c1-27-19-9-7-15(22)11-17(19)23-20(26)10-8-16-13-28-21-24-18(12-25(16)21)14-5-3-2-4-6-14/h2-7,9,11-13H,8,10H2,1H3,(H,23,26). The van der Waals surface area contributed by atoms with Crippen LogP contribution < -0.4 is 10.1 Å². The van der Waals surface area contributed by atoms with E-state index in [1.807, 2.05) is 41.9 Å². The summed E-state index contributed by atoms with van der Waals surface area (Å²) in [5.41, 5.74) is 3.64. The van der Waals surface area contributed by atoms with Crippen molar-refractivity contribution in [3.05, 3.63) is 70.8 Å². The molecule has 1 N–H and O–H groups in total. The molecule has 7 heteroatoms. The predicted molar refractivity (Wildman–Crippen MR) is 113 cm³/mol. The monoisotopic (exact) mass is 411 g/mol. The molecule has 5 nitrogen and oxygen atoms in total. The minimum Gasteiger partial charge on any atom is -0.495 e. The molecule has 0 aliphatic carbocycles. The van der Waals surface area contributed by atoms with Gasteiger partial charge in [0.15, 0.2) is 4.96 Å². The number of aromatic nitrogens is 2. The fourth-order valence-corrected chi connectivity index (χ4v) is 4.07. The number of ether oxygens (including phenoxy) is 1. The lowest BCUT2D eigenvalue weighted by molar-refractivity contribution is -0.116. The number of fused-ring (bicyclic) bond motifs is 1. The summed E-state index contributed by atoms with van der Waals surface area (Å²) in [5, 5.41) is 5.46. The highest BCUT2D eigenvalue weighted by Gasteiger charge is 2.12. The Morgan fingerprint density at radius 2 is 2.07 bits per heavy atom. The third kappa shape index (κ3) is 3.88. The van der Waals surface area contributed by atoms with Crippen molar-refractivity contribution in [1.29, 1.82) is 0 Å². The summed E-state index contributed by atoms with van der Waals surface area (Å²) in [5.74, 6) is 0.487. The SMILES string of the molecule is COc1ccc(Cl)cc1NC(=O)CCc1csc2nc(-c3ccccc3)cn12. The summed E-state index contributed by atoms with van der Waals surface area (Å²) in [4.78, 5) is 18.0. The van der Waals surface area contributed by atoms with Crippen LogP contribution in [-0.4, -0.2) is 22.4 Å². The molecule has 0 spiro atoms. The Hall–Kier alpha value is -2.83. The molecule has 0 bridgehead atoms. The molecule has 2 heterocycles. The number of thiazole rings is 1. The van der Waals surface area contributed by atoms with E-state index < -0.39 is 0 Å². The molecule has 142 valence electrons. The number of hydrogen-bond acceptors (Lipinski definition) is 4. The average Bonchev–Trinajstić information content (AvgIpc) is 3.28. The number of rotatable bonds is 6. The molecule has 2 aromatic heterocycles. The van der Waals surface area contributed by atoms with Gasteiger partial charge in [0.25, 0.3) is 0 Å². The van der Waals surface area contributed by atoms with E-state index in [0.717, 1.165) is 21.9 Å². The van der Waals surface area contributed by atoms with Crippen molar-refractivity contribution in [1.82, 2.24) is 9.38 Å². The third-order valence-corrected chi connectivity index (χ3v) is 5.52. The molecule has 0 saturated heterocycles. The maximum atomic E-state index is 12.4. The second-order valence-electron chi connectivity index (χ2n) is 6.26. The number of methoxy groups -OCH3 is 1. The minimum absolute atomic E-state index is 0.0942. The molecule has 0 unspecified atom stereocenters. The van der Waals surface area contributed by atoms with Crippen molar-refractivity contribution in [3.8, 4) is 17.0 Å². The summed E-state index contributed by atoms with van der Waals surface area (Å²) in [7, 11) is 1.56. The largest absolute Gasteiger partial charge is 0.495 e. The van der Waals surface area contributed by atoms with Crippen LogP contribution in [0.1, 0.15) is 12.1 Å². The van der Waals surface area contributed by atoms with E-state index in [2.05, 4.69) is 14.7 Å². The summed E-state index contributed by atoms with van der Waals surface area (Å²) in [6.07, 6.45) is 2.98. The van der Waals surface area contributed by atoms with Gasteiger partial charge in [-0.2, -0.15) is 0 Å². The van der Waals surface area contributed by atoms with Crippen LogP contribution in [0.2, 0.25) is 5.02 Å². The number of amides is 1. The number of hydrogen-bond donors (Lipinski definition) is 1. The van der Waals surface area contributed by atoms with Crippen LogP contribution in [-0.2, 0) is 11.2 Å². The van der Waals surface area contributed by atoms with Crippen LogP contribution in [0.3, 0.4) is 0 Å². The van der Waals surface area contributed by atoms with Gasteiger partial charge in [-0.25, -0.2) is 4.98 Å². The molecule has 4 rings (SSSR count). The fraction of sp³-hybridized carbons (Fsp3) is 0.143. The molecule has 28 heavy (non-hydrogen) atoms. The lowest BCUT2D eigenvalue weighted by atomic mass is 10.2. The maximum absolute atomic E-state index is 12.4. The zero-order valence-corrected chi connectivity index (χ0v) is 16.8. The van der Waals surface area contributed by atoms with Crippen LogP contribution >= 0.6 is 22.9 Å². The first kappa shape index (κ1) is 18.5. The molecular weight excluding hydrogens is 394 g/mol. The zero-order chi connectivity index (χ0) is 19.5. The van der Waals surface area contributed by atoms with E-state index in [9.17, 15) is 4.79 Å². The van der Waals surface area contributed by atoms with Crippen molar-refractivity contribution in [2.24, 2.45) is 0 Å². The molecule has 0 saturated carbocycles.